The first-order chi connectivity index (χ1) is 11.7. The first kappa shape index (κ1) is 22.2. The minimum Gasteiger partial charge on any atom is -0.381 e. The number of hydrogen-bond donors (Lipinski definition) is 2. The first-order valence-corrected chi connectivity index (χ1v) is 9.32. The van der Waals surface area contributed by atoms with Crippen LogP contribution < -0.4 is 10.6 Å². The van der Waals surface area contributed by atoms with Crippen LogP contribution in [0.2, 0.25) is 0 Å². The standard InChI is InChI=1S/C20H33N3O.HI/c1-4-21-19(22-13-10-17(2)3)23-16-20(11-14-24-15-12-20)18-8-6-5-7-9-18;/h5-9,17H,4,10-16H2,1-3H3,(H2,21,22,23);1H. The Balaban J connectivity index is 0.00000312. The second-order valence-electron chi connectivity index (χ2n) is 7.06. The van der Waals surface area contributed by atoms with Crippen molar-refractivity contribution >= 4 is 29.9 Å². The number of aliphatic imine (C=N–C) groups is 1. The zero-order chi connectivity index (χ0) is 17.3. The van der Waals surface area contributed by atoms with Crippen molar-refractivity contribution < 1.29 is 4.74 Å². The van der Waals surface area contributed by atoms with Gasteiger partial charge < -0.3 is 15.4 Å². The average Bonchev–Trinajstić information content (AvgIpc) is 2.61. The molecule has 1 aromatic carbocycles. The molecule has 2 N–H and O–H groups in total. The van der Waals surface area contributed by atoms with Crippen molar-refractivity contribution in [2.24, 2.45) is 10.9 Å². The zero-order valence-corrected chi connectivity index (χ0v) is 18.2. The van der Waals surface area contributed by atoms with Gasteiger partial charge in [-0.2, -0.15) is 0 Å². The van der Waals surface area contributed by atoms with E-state index >= 15 is 0 Å². The van der Waals surface area contributed by atoms with Crippen LogP contribution in [0.3, 0.4) is 0 Å². The molecule has 2 rings (SSSR count). The molecule has 142 valence electrons. The lowest BCUT2D eigenvalue weighted by Crippen LogP contribution is -2.41. The number of halogens is 1. The van der Waals surface area contributed by atoms with Crippen LogP contribution in [0, 0.1) is 5.92 Å². The summed E-state index contributed by atoms with van der Waals surface area (Å²) in [6.07, 6.45) is 3.22. The summed E-state index contributed by atoms with van der Waals surface area (Å²) in [5.74, 6) is 1.63. The summed E-state index contributed by atoms with van der Waals surface area (Å²) in [6.45, 7) is 10.9. The smallest absolute Gasteiger partial charge is 0.191 e. The summed E-state index contributed by atoms with van der Waals surface area (Å²) < 4.78 is 5.61. The number of nitrogens with zero attached hydrogens (tertiary/aromatic N) is 1. The third-order valence-electron chi connectivity index (χ3n) is 4.73. The van der Waals surface area contributed by atoms with E-state index in [1.807, 2.05) is 0 Å². The molecule has 4 nitrogen and oxygen atoms in total. The second-order valence-corrected chi connectivity index (χ2v) is 7.06. The molecule has 0 spiro atoms. The molecule has 1 saturated heterocycles. The van der Waals surface area contributed by atoms with Gasteiger partial charge in [0, 0.05) is 31.7 Å². The summed E-state index contributed by atoms with van der Waals surface area (Å²) in [5.41, 5.74) is 1.48. The van der Waals surface area contributed by atoms with Crippen molar-refractivity contribution in [3.8, 4) is 0 Å². The number of guanidine groups is 1. The Labute approximate surface area is 170 Å². The van der Waals surface area contributed by atoms with Crippen LogP contribution in [0.15, 0.2) is 35.3 Å². The topological polar surface area (TPSA) is 45.7 Å². The van der Waals surface area contributed by atoms with Gasteiger partial charge >= 0.3 is 0 Å². The van der Waals surface area contributed by atoms with Crippen LogP contribution in [0.1, 0.15) is 45.6 Å². The fourth-order valence-electron chi connectivity index (χ4n) is 3.14. The van der Waals surface area contributed by atoms with Gasteiger partial charge in [0.05, 0.1) is 6.54 Å². The largest absolute Gasteiger partial charge is 0.381 e. The second kappa shape index (κ2) is 11.7. The molecule has 0 aliphatic carbocycles. The molecule has 5 heteroatoms. The van der Waals surface area contributed by atoms with Crippen molar-refractivity contribution in [1.82, 2.24) is 10.6 Å². The predicted octanol–water partition coefficient (Wildman–Crippen LogP) is 3.95. The molecule has 1 heterocycles. The maximum absolute atomic E-state index is 5.61. The molecule has 0 aromatic heterocycles. The summed E-state index contributed by atoms with van der Waals surface area (Å²) in [6, 6.07) is 10.8. The van der Waals surface area contributed by atoms with E-state index in [0.29, 0.717) is 5.92 Å². The van der Waals surface area contributed by atoms with Crippen molar-refractivity contribution in [2.75, 3.05) is 32.8 Å². The van der Waals surface area contributed by atoms with Crippen molar-refractivity contribution in [3.63, 3.8) is 0 Å². The van der Waals surface area contributed by atoms with Gasteiger partial charge in [-0.3, -0.25) is 4.99 Å². The molecule has 0 unspecified atom stereocenters. The van der Waals surface area contributed by atoms with E-state index in [0.717, 1.165) is 58.1 Å². The number of ether oxygens (including phenoxy) is 1. The molecule has 0 radical (unpaired) electrons. The molecule has 0 bridgehead atoms. The van der Waals surface area contributed by atoms with E-state index in [9.17, 15) is 0 Å². The third-order valence-corrected chi connectivity index (χ3v) is 4.73. The van der Waals surface area contributed by atoms with Crippen LogP contribution in [0.4, 0.5) is 0 Å². The van der Waals surface area contributed by atoms with Crippen LogP contribution in [0.25, 0.3) is 0 Å². The zero-order valence-electron chi connectivity index (χ0n) is 15.9. The van der Waals surface area contributed by atoms with Crippen LogP contribution in [-0.4, -0.2) is 38.8 Å². The van der Waals surface area contributed by atoms with Gasteiger partial charge in [-0.25, -0.2) is 0 Å². The van der Waals surface area contributed by atoms with Crippen LogP contribution >= 0.6 is 24.0 Å². The quantitative estimate of drug-likeness (QED) is 0.369. The maximum Gasteiger partial charge on any atom is 0.191 e. The minimum absolute atomic E-state index is 0. The first-order valence-electron chi connectivity index (χ1n) is 9.32. The molecular weight excluding hydrogens is 425 g/mol. The highest BCUT2D eigenvalue weighted by Crippen LogP contribution is 2.35. The Hall–Kier alpha value is -0.820. The molecule has 1 aliphatic rings. The SMILES string of the molecule is CCNC(=NCC1(c2ccccc2)CCOCC1)NCCC(C)C.I. The van der Waals surface area contributed by atoms with E-state index in [2.05, 4.69) is 61.7 Å². The van der Waals surface area contributed by atoms with E-state index in [1.54, 1.807) is 0 Å². The Morgan fingerprint density at radius 3 is 2.44 bits per heavy atom. The van der Waals surface area contributed by atoms with Gasteiger partial charge in [-0.05, 0) is 37.7 Å². The summed E-state index contributed by atoms with van der Waals surface area (Å²) in [7, 11) is 0. The van der Waals surface area contributed by atoms with Gasteiger partial charge in [-0.1, -0.05) is 44.2 Å². The molecule has 0 amide bonds. The third kappa shape index (κ3) is 7.13. The maximum atomic E-state index is 5.61. The number of nitrogens with one attached hydrogen (secondary N) is 2. The number of rotatable bonds is 7. The highest BCUT2D eigenvalue weighted by Gasteiger charge is 2.34. The molecule has 1 fully saturated rings. The Kier molecular flexibility index (Phi) is 10.4. The predicted molar refractivity (Wildman–Crippen MR) is 117 cm³/mol. The number of hydrogen-bond acceptors (Lipinski definition) is 2. The highest BCUT2D eigenvalue weighted by atomic mass is 127. The molecular formula is C20H34IN3O. The molecule has 1 aliphatic heterocycles. The molecule has 0 saturated carbocycles. The summed E-state index contributed by atoms with van der Waals surface area (Å²) in [4.78, 5) is 4.92. The van der Waals surface area contributed by atoms with Crippen LogP contribution in [-0.2, 0) is 10.2 Å². The van der Waals surface area contributed by atoms with Crippen molar-refractivity contribution in [2.45, 2.75) is 45.4 Å². The summed E-state index contributed by atoms with van der Waals surface area (Å²) >= 11 is 0. The Bertz CT molecular complexity index is 499. The lowest BCUT2D eigenvalue weighted by atomic mass is 9.74. The Morgan fingerprint density at radius 1 is 1.16 bits per heavy atom. The normalized spacial score (nSPS) is 17.0. The fourth-order valence-corrected chi connectivity index (χ4v) is 3.14. The monoisotopic (exact) mass is 459 g/mol. The van der Waals surface area contributed by atoms with E-state index in [4.69, 9.17) is 9.73 Å². The lowest BCUT2D eigenvalue weighted by Gasteiger charge is -2.36. The van der Waals surface area contributed by atoms with E-state index in [-0.39, 0.29) is 29.4 Å². The molecule has 0 atom stereocenters. The van der Waals surface area contributed by atoms with Crippen molar-refractivity contribution in [1.29, 1.82) is 0 Å². The van der Waals surface area contributed by atoms with Gasteiger partial charge in [0.25, 0.3) is 0 Å². The Morgan fingerprint density at radius 2 is 1.84 bits per heavy atom. The van der Waals surface area contributed by atoms with Gasteiger partial charge in [-0.15, -0.1) is 24.0 Å². The van der Waals surface area contributed by atoms with Gasteiger partial charge in [0.15, 0.2) is 5.96 Å². The van der Waals surface area contributed by atoms with E-state index < -0.39 is 0 Å². The molecule has 1 aromatic rings. The lowest BCUT2D eigenvalue weighted by molar-refractivity contribution is 0.0531. The average molecular weight is 459 g/mol. The highest BCUT2D eigenvalue weighted by molar-refractivity contribution is 14.0. The summed E-state index contributed by atoms with van der Waals surface area (Å²) in [5, 5.41) is 6.84. The molecule has 25 heavy (non-hydrogen) atoms. The van der Waals surface area contributed by atoms with Crippen LogP contribution in [0.5, 0.6) is 0 Å². The number of benzene rings is 1. The van der Waals surface area contributed by atoms with Gasteiger partial charge in [0.2, 0.25) is 0 Å². The van der Waals surface area contributed by atoms with Crippen molar-refractivity contribution in [3.05, 3.63) is 35.9 Å². The fraction of sp³-hybridized carbons (Fsp3) is 0.650. The minimum atomic E-state index is 0. The van der Waals surface area contributed by atoms with Gasteiger partial charge in [0.1, 0.15) is 0 Å². The van der Waals surface area contributed by atoms with E-state index in [1.165, 1.54) is 5.56 Å².